The number of nitrogens with one attached hydrogen (secondary N) is 1. The van der Waals surface area contributed by atoms with Crippen LogP contribution in [-0.4, -0.2) is 12.3 Å². The molecule has 0 fully saturated rings. The first-order valence-corrected chi connectivity index (χ1v) is 7.02. The Morgan fingerprint density at radius 1 is 1.11 bits per heavy atom. The van der Waals surface area contributed by atoms with Crippen molar-refractivity contribution in [3.63, 3.8) is 0 Å². The van der Waals surface area contributed by atoms with E-state index in [0.29, 0.717) is 5.92 Å². The maximum atomic E-state index is 12.8. The van der Waals surface area contributed by atoms with Crippen molar-refractivity contribution in [2.45, 2.75) is 10.8 Å². The molecule has 18 heavy (non-hydrogen) atoms. The SMILES string of the molecule is Fc1ccc(NCC2CSc3ccccc32)cc1. The van der Waals surface area contributed by atoms with Gasteiger partial charge in [-0.05, 0) is 35.9 Å². The van der Waals surface area contributed by atoms with Crippen molar-refractivity contribution in [3.8, 4) is 0 Å². The van der Waals surface area contributed by atoms with Gasteiger partial charge in [-0.15, -0.1) is 11.8 Å². The molecule has 1 nitrogen and oxygen atoms in total. The lowest BCUT2D eigenvalue weighted by atomic mass is 10.0. The van der Waals surface area contributed by atoms with Gasteiger partial charge in [0, 0.05) is 28.8 Å². The molecule has 1 aliphatic heterocycles. The highest BCUT2D eigenvalue weighted by molar-refractivity contribution is 7.99. The van der Waals surface area contributed by atoms with Gasteiger partial charge in [0.15, 0.2) is 0 Å². The molecule has 1 atom stereocenters. The van der Waals surface area contributed by atoms with Crippen LogP contribution in [0.3, 0.4) is 0 Å². The number of fused-ring (bicyclic) bond motifs is 1. The quantitative estimate of drug-likeness (QED) is 0.889. The van der Waals surface area contributed by atoms with E-state index in [4.69, 9.17) is 0 Å². The van der Waals surface area contributed by atoms with E-state index in [2.05, 4.69) is 29.6 Å². The Labute approximate surface area is 110 Å². The number of rotatable bonds is 3. The highest BCUT2D eigenvalue weighted by atomic mass is 32.2. The zero-order chi connectivity index (χ0) is 12.4. The van der Waals surface area contributed by atoms with Crippen molar-refractivity contribution in [2.24, 2.45) is 0 Å². The molecule has 1 aliphatic rings. The summed E-state index contributed by atoms with van der Waals surface area (Å²) in [6.45, 7) is 0.898. The molecule has 2 aromatic rings. The van der Waals surface area contributed by atoms with Crippen molar-refractivity contribution >= 4 is 17.4 Å². The van der Waals surface area contributed by atoms with Gasteiger partial charge in [0.25, 0.3) is 0 Å². The van der Waals surface area contributed by atoms with Crippen molar-refractivity contribution in [1.82, 2.24) is 0 Å². The van der Waals surface area contributed by atoms with E-state index in [-0.39, 0.29) is 5.82 Å². The minimum absolute atomic E-state index is 0.192. The standard InChI is InChI=1S/C15H14FNS/c16-12-5-7-13(8-6-12)17-9-11-10-18-15-4-2-1-3-14(11)15/h1-8,11,17H,9-10H2. The van der Waals surface area contributed by atoms with Gasteiger partial charge in [-0.25, -0.2) is 4.39 Å². The van der Waals surface area contributed by atoms with Gasteiger partial charge in [-0.2, -0.15) is 0 Å². The maximum absolute atomic E-state index is 12.8. The second kappa shape index (κ2) is 5.02. The van der Waals surface area contributed by atoms with Gasteiger partial charge in [0.05, 0.1) is 0 Å². The number of anilines is 1. The molecule has 92 valence electrons. The predicted molar refractivity (Wildman–Crippen MR) is 74.8 cm³/mol. The van der Waals surface area contributed by atoms with Gasteiger partial charge < -0.3 is 5.32 Å². The lowest BCUT2D eigenvalue weighted by Gasteiger charge is -2.13. The van der Waals surface area contributed by atoms with Crippen LogP contribution < -0.4 is 5.32 Å². The van der Waals surface area contributed by atoms with E-state index in [0.717, 1.165) is 18.0 Å². The molecule has 0 radical (unpaired) electrons. The Balaban J connectivity index is 1.67. The van der Waals surface area contributed by atoms with Crippen LogP contribution >= 0.6 is 11.8 Å². The molecule has 0 aromatic heterocycles. The molecule has 1 heterocycles. The van der Waals surface area contributed by atoms with Crippen LogP contribution in [0, 0.1) is 5.82 Å². The Morgan fingerprint density at radius 3 is 2.72 bits per heavy atom. The Bertz CT molecular complexity index is 538. The van der Waals surface area contributed by atoms with Crippen LogP contribution in [0.15, 0.2) is 53.4 Å². The molecule has 1 unspecified atom stereocenters. The maximum Gasteiger partial charge on any atom is 0.123 e. The topological polar surface area (TPSA) is 12.0 Å². The monoisotopic (exact) mass is 259 g/mol. The molecular weight excluding hydrogens is 245 g/mol. The van der Waals surface area contributed by atoms with E-state index < -0.39 is 0 Å². The second-order valence-electron chi connectivity index (χ2n) is 4.43. The number of hydrogen-bond acceptors (Lipinski definition) is 2. The summed E-state index contributed by atoms with van der Waals surface area (Å²) in [5.74, 6) is 1.46. The minimum atomic E-state index is -0.192. The third kappa shape index (κ3) is 2.36. The Morgan fingerprint density at radius 2 is 1.89 bits per heavy atom. The first kappa shape index (κ1) is 11.6. The van der Waals surface area contributed by atoms with E-state index in [1.54, 1.807) is 12.1 Å². The Kier molecular flexibility index (Phi) is 3.24. The first-order chi connectivity index (χ1) is 8.83. The van der Waals surface area contributed by atoms with Crippen LogP contribution in [0.25, 0.3) is 0 Å². The van der Waals surface area contributed by atoms with Crippen LogP contribution in [0.4, 0.5) is 10.1 Å². The molecule has 0 saturated heterocycles. The summed E-state index contributed by atoms with van der Waals surface area (Å²) in [6, 6.07) is 15.1. The fourth-order valence-corrected chi connectivity index (χ4v) is 3.46. The number of benzene rings is 2. The summed E-state index contributed by atoms with van der Waals surface area (Å²) in [6.07, 6.45) is 0. The molecule has 0 aliphatic carbocycles. The van der Waals surface area contributed by atoms with Crippen LogP contribution in [0.5, 0.6) is 0 Å². The van der Waals surface area contributed by atoms with Gasteiger partial charge in [0.1, 0.15) is 5.82 Å². The summed E-state index contributed by atoms with van der Waals surface area (Å²) in [5, 5.41) is 3.37. The molecule has 3 rings (SSSR count). The summed E-state index contributed by atoms with van der Waals surface area (Å²) in [5.41, 5.74) is 2.41. The van der Waals surface area contributed by atoms with E-state index in [9.17, 15) is 4.39 Å². The lowest BCUT2D eigenvalue weighted by molar-refractivity contribution is 0.628. The number of hydrogen-bond donors (Lipinski definition) is 1. The molecular formula is C15H14FNS. The average molecular weight is 259 g/mol. The highest BCUT2D eigenvalue weighted by Gasteiger charge is 2.22. The van der Waals surface area contributed by atoms with Gasteiger partial charge in [-0.3, -0.25) is 0 Å². The van der Waals surface area contributed by atoms with Crippen molar-refractivity contribution < 1.29 is 4.39 Å². The van der Waals surface area contributed by atoms with Crippen molar-refractivity contribution in [2.75, 3.05) is 17.6 Å². The van der Waals surface area contributed by atoms with Crippen LogP contribution in [-0.2, 0) is 0 Å². The summed E-state index contributed by atoms with van der Waals surface area (Å²) in [4.78, 5) is 1.39. The van der Waals surface area contributed by atoms with Crippen LogP contribution in [0.2, 0.25) is 0 Å². The van der Waals surface area contributed by atoms with E-state index >= 15 is 0 Å². The molecule has 0 bridgehead atoms. The summed E-state index contributed by atoms with van der Waals surface area (Å²) >= 11 is 1.91. The molecule has 1 N–H and O–H groups in total. The fraction of sp³-hybridized carbons (Fsp3) is 0.200. The van der Waals surface area contributed by atoms with E-state index in [1.807, 2.05) is 11.8 Å². The smallest absolute Gasteiger partial charge is 0.123 e. The summed E-state index contributed by atoms with van der Waals surface area (Å²) in [7, 11) is 0. The van der Waals surface area contributed by atoms with Gasteiger partial charge in [0.2, 0.25) is 0 Å². The van der Waals surface area contributed by atoms with E-state index in [1.165, 1.54) is 22.6 Å². The van der Waals surface area contributed by atoms with Gasteiger partial charge >= 0.3 is 0 Å². The number of halogens is 1. The second-order valence-corrected chi connectivity index (χ2v) is 5.50. The average Bonchev–Trinajstić information content (AvgIpc) is 2.82. The molecule has 0 saturated carbocycles. The fourth-order valence-electron chi connectivity index (χ4n) is 2.21. The molecule has 3 heteroatoms. The third-order valence-electron chi connectivity index (χ3n) is 3.20. The molecule has 2 aromatic carbocycles. The Hall–Kier alpha value is -1.48. The van der Waals surface area contributed by atoms with Crippen molar-refractivity contribution in [1.29, 1.82) is 0 Å². The zero-order valence-corrected chi connectivity index (χ0v) is 10.7. The predicted octanol–water partition coefficient (Wildman–Crippen LogP) is 4.13. The minimum Gasteiger partial charge on any atom is -0.384 e. The number of thioether (sulfide) groups is 1. The van der Waals surface area contributed by atoms with Crippen molar-refractivity contribution in [3.05, 3.63) is 59.9 Å². The molecule has 0 spiro atoms. The summed E-state index contributed by atoms with van der Waals surface area (Å²) < 4.78 is 12.8. The normalized spacial score (nSPS) is 17.5. The van der Waals surface area contributed by atoms with Crippen LogP contribution in [0.1, 0.15) is 11.5 Å². The highest BCUT2D eigenvalue weighted by Crippen LogP contribution is 2.39. The zero-order valence-electron chi connectivity index (χ0n) is 9.90. The molecule has 0 amide bonds. The van der Waals surface area contributed by atoms with Gasteiger partial charge in [-0.1, -0.05) is 18.2 Å². The third-order valence-corrected chi connectivity index (χ3v) is 4.45. The first-order valence-electron chi connectivity index (χ1n) is 6.04. The lowest BCUT2D eigenvalue weighted by Crippen LogP contribution is -2.12. The largest absolute Gasteiger partial charge is 0.384 e.